The first-order chi connectivity index (χ1) is 14.2. The second-order valence-corrected chi connectivity index (χ2v) is 9.28. The molecule has 0 aliphatic carbocycles. The lowest BCUT2D eigenvalue weighted by Crippen LogP contribution is -2.53. The number of hydrogen-bond donors (Lipinski definition) is 1. The molecule has 0 radical (unpaired) electrons. The van der Waals surface area contributed by atoms with Gasteiger partial charge in [-0.25, -0.2) is 9.18 Å². The Labute approximate surface area is 178 Å². The first-order valence-corrected chi connectivity index (χ1v) is 10.9. The number of rotatable bonds is 4. The van der Waals surface area contributed by atoms with E-state index < -0.39 is 5.41 Å². The SMILES string of the molecule is CC1CN(C(=O)C2CCN(C(=O)NCC(C)(C)c3ccccc3F)CC2)CC(C)O1. The highest BCUT2D eigenvalue weighted by molar-refractivity contribution is 5.80. The van der Waals surface area contributed by atoms with Crippen LogP contribution in [0.3, 0.4) is 0 Å². The fourth-order valence-corrected chi connectivity index (χ4v) is 4.46. The van der Waals surface area contributed by atoms with Gasteiger partial charge in [0.05, 0.1) is 12.2 Å². The Kier molecular flexibility index (Phi) is 7.01. The van der Waals surface area contributed by atoms with Gasteiger partial charge in [-0.2, -0.15) is 0 Å². The fourth-order valence-electron chi connectivity index (χ4n) is 4.46. The van der Waals surface area contributed by atoms with Crippen LogP contribution in [0.1, 0.15) is 46.1 Å². The lowest BCUT2D eigenvalue weighted by molar-refractivity contribution is -0.148. The normalized spacial score (nSPS) is 23.4. The summed E-state index contributed by atoms with van der Waals surface area (Å²) in [6, 6.07) is 6.51. The number of halogens is 1. The van der Waals surface area contributed by atoms with Gasteiger partial charge in [-0.3, -0.25) is 4.79 Å². The highest BCUT2D eigenvalue weighted by atomic mass is 19.1. The Hall–Kier alpha value is -2.15. The van der Waals surface area contributed by atoms with Crippen molar-refractivity contribution in [2.75, 3.05) is 32.7 Å². The van der Waals surface area contributed by atoms with Crippen LogP contribution in [0.2, 0.25) is 0 Å². The zero-order chi connectivity index (χ0) is 21.9. The smallest absolute Gasteiger partial charge is 0.317 e. The van der Waals surface area contributed by atoms with Crippen LogP contribution < -0.4 is 5.32 Å². The van der Waals surface area contributed by atoms with Crippen LogP contribution in [0.15, 0.2) is 24.3 Å². The number of urea groups is 1. The van der Waals surface area contributed by atoms with Crippen molar-refractivity contribution >= 4 is 11.9 Å². The van der Waals surface area contributed by atoms with Gasteiger partial charge in [-0.05, 0) is 38.3 Å². The quantitative estimate of drug-likeness (QED) is 0.816. The molecule has 2 aliphatic heterocycles. The fraction of sp³-hybridized carbons (Fsp3) is 0.652. The van der Waals surface area contributed by atoms with E-state index in [4.69, 9.17) is 4.74 Å². The summed E-state index contributed by atoms with van der Waals surface area (Å²) in [5.41, 5.74) is 0.0718. The standard InChI is InChI=1S/C23H34FN3O3/c1-16-13-27(14-17(2)30-16)21(28)18-9-11-26(12-10-18)22(29)25-15-23(3,4)19-7-5-6-8-20(19)24/h5-8,16-18H,9-15H2,1-4H3,(H,25,29). The number of carbonyl (C=O) groups is 2. The van der Waals surface area contributed by atoms with Gasteiger partial charge < -0.3 is 19.9 Å². The third-order valence-electron chi connectivity index (χ3n) is 6.15. The third-order valence-corrected chi connectivity index (χ3v) is 6.15. The second kappa shape index (κ2) is 9.33. The number of ether oxygens (including phenoxy) is 1. The summed E-state index contributed by atoms with van der Waals surface area (Å²) >= 11 is 0. The average molecular weight is 420 g/mol. The summed E-state index contributed by atoms with van der Waals surface area (Å²) in [5, 5.41) is 2.95. The Bertz CT molecular complexity index is 752. The van der Waals surface area contributed by atoms with Crippen molar-refractivity contribution in [2.45, 2.75) is 58.2 Å². The highest BCUT2D eigenvalue weighted by Gasteiger charge is 2.34. The summed E-state index contributed by atoms with van der Waals surface area (Å²) in [7, 11) is 0. The largest absolute Gasteiger partial charge is 0.372 e. The summed E-state index contributed by atoms with van der Waals surface area (Å²) in [4.78, 5) is 29.2. The molecule has 0 aromatic heterocycles. The molecule has 1 aromatic rings. The Morgan fingerprint density at radius 3 is 2.30 bits per heavy atom. The summed E-state index contributed by atoms with van der Waals surface area (Å²) in [5.74, 6) is -0.123. The zero-order valence-electron chi connectivity index (χ0n) is 18.5. The molecule has 30 heavy (non-hydrogen) atoms. The average Bonchev–Trinajstić information content (AvgIpc) is 2.71. The van der Waals surface area contributed by atoms with Crippen LogP contribution >= 0.6 is 0 Å². The minimum atomic E-state index is -0.515. The second-order valence-electron chi connectivity index (χ2n) is 9.28. The van der Waals surface area contributed by atoms with E-state index >= 15 is 0 Å². The molecule has 1 N–H and O–H groups in total. The lowest BCUT2D eigenvalue weighted by atomic mass is 9.84. The Morgan fingerprint density at radius 1 is 1.10 bits per heavy atom. The van der Waals surface area contributed by atoms with Gasteiger partial charge in [0, 0.05) is 44.1 Å². The van der Waals surface area contributed by atoms with Crippen LogP contribution in [0.5, 0.6) is 0 Å². The molecular formula is C23H34FN3O3. The topological polar surface area (TPSA) is 61.9 Å². The number of morpholine rings is 1. The molecule has 1 aromatic carbocycles. The minimum Gasteiger partial charge on any atom is -0.372 e. The van der Waals surface area contributed by atoms with Crippen LogP contribution in [-0.2, 0) is 14.9 Å². The van der Waals surface area contributed by atoms with E-state index in [0.717, 1.165) is 0 Å². The van der Waals surface area contributed by atoms with Gasteiger partial charge in [0.25, 0.3) is 0 Å². The first-order valence-electron chi connectivity index (χ1n) is 10.9. The number of likely N-dealkylation sites (tertiary alicyclic amines) is 1. The predicted molar refractivity (Wildman–Crippen MR) is 114 cm³/mol. The van der Waals surface area contributed by atoms with Gasteiger partial charge >= 0.3 is 6.03 Å². The van der Waals surface area contributed by atoms with Crippen molar-refractivity contribution in [3.05, 3.63) is 35.6 Å². The molecule has 3 rings (SSSR count). The molecule has 0 saturated carbocycles. The first kappa shape index (κ1) is 22.5. The maximum atomic E-state index is 14.1. The highest BCUT2D eigenvalue weighted by Crippen LogP contribution is 2.26. The molecule has 7 heteroatoms. The van der Waals surface area contributed by atoms with Gasteiger partial charge in [0.15, 0.2) is 0 Å². The van der Waals surface area contributed by atoms with Crippen molar-refractivity contribution in [1.29, 1.82) is 0 Å². The van der Waals surface area contributed by atoms with E-state index in [-0.39, 0.29) is 35.9 Å². The Morgan fingerprint density at radius 2 is 1.70 bits per heavy atom. The van der Waals surface area contributed by atoms with Gasteiger partial charge in [-0.15, -0.1) is 0 Å². The lowest BCUT2D eigenvalue weighted by Gasteiger charge is -2.39. The van der Waals surface area contributed by atoms with Crippen LogP contribution in [-0.4, -0.2) is 66.7 Å². The van der Waals surface area contributed by atoms with Crippen molar-refractivity contribution in [2.24, 2.45) is 5.92 Å². The molecule has 3 amide bonds. The maximum Gasteiger partial charge on any atom is 0.317 e. The van der Waals surface area contributed by atoms with Gasteiger partial charge in [-0.1, -0.05) is 32.0 Å². The van der Waals surface area contributed by atoms with E-state index in [2.05, 4.69) is 5.32 Å². The molecule has 6 nitrogen and oxygen atoms in total. The molecule has 2 aliphatic rings. The van der Waals surface area contributed by atoms with E-state index in [1.165, 1.54) is 6.07 Å². The molecule has 2 fully saturated rings. The van der Waals surface area contributed by atoms with E-state index in [9.17, 15) is 14.0 Å². The molecule has 2 heterocycles. The molecule has 0 bridgehead atoms. The molecule has 2 saturated heterocycles. The van der Waals surface area contributed by atoms with E-state index in [0.29, 0.717) is 51.1 Å². The monoisotopic (exact) mass is 419 g/mol. The van der Waals surface area contributed by atoms with E-state index in [1.54, 1.807) is 23.1 Å². The number of benzene rings is 1. The Balaban J connectivity index is 1.48. The molecule has 2 unspecified atom stereocenters. The van der Waals surface area contributed by atoms with Gasteiger partial charge in [0.2, 0.25) is 5.91 Å². The van der Waals surface area contributed by atoms with Crippen LogP contribution in [0, 0.1) is 11.7 Å². The van der Waals surface area contributed by atoms with Gasteiger partial charge in [0.1, 0.15) is 5.82 Å². The van der Waals surface area contributed by atoms with Crippen molar-refractivity contribution in [1.82, 2.24) is 15.1 Å². The van der Waals surface area contributed by atoms with E-state index in [1.807, 2.05) is 32.6 Å². The summed E-state index contributed by atoms with van der Waals surface area (Å²) in [6.07, 6.45) is 1.45. The van der Waals surface area contributed by atoms with Crippen molar-refractivity contribution < 1.29 is 18.7 Å². The van der Waals surface area contributed by atoms with Crippen LogP contribution in [0.4, 0.5) is 9.18 Å². The minimum absolute atomic E-state index is 0.0404. The van der Waals surface area contributed by atoms with Crippen molar-refractivity contribution in [3.8, 4) is 0 Å². The number of amides is 3. The number of nitrogens with one attached hydrogen (secondary N) is 1. The predicted octanol–water partition coefficient (Wildman–Crippen LogP) is 3.16. The number of carbonyl (C=O) groups excluding carboxylic acids is 2. The number of nitrogens with zero attached hydrogens (tertiary/aromatic N) is 2. The number of hydrogen-bond acceptors (Lipinski definition) is 3. The maximum absolute atomic E-state index is 14.1. The molecular weight excluding hydrogens is 385 g/mol. The summed E-state index contributed by atoms with van der Waals surface area (Å²) in [6.45, 7) is 10.5. The molecule has 0 spiro atoms. The molecule has 166 valence electrons. The molecule has 2 atom stereocenters. The van der Waals surface area contributed by atoms with Crippen LogP contribution in [0.25, 0.3) is 0 Å². The zero-order valence-corrected chi connectivity index (χ0v) is 18.5. The number of piperidine rings is 1. The third kappa shape index (κ3) is 5.31. The van der Waals surface area contributed by atoms with Crippen molar-refractivity contribution in [3.63, 3.8) is 0 Å². The summed E-state index contributed by atoms with van der Waals surface area (Å²) < 4.78 is 19.8.